The smallest absolute Gasteiger partial charge is 0.203 e. The van der Waals surface area contributed by atoms with Crippen LogP contribution in [0.25, 0.3) is 27.6 Å². The van der Waals surface area contributed by atoms with E-state index in [2.05, 4.69) is 74.2 Å². The second-order valence-electron chi connectivity index (χ2n) is 11.3. The first-order chi connectivity index (χ1) is 20.8. The van der Waals surface area contributed by atoms with Crippen molar-refractivity contribution in [2.75, 3.05) is 98.8 Å². The fourth-order valence-corrected chi connectivity index (χ4v) is 6.34. The average molecular weight is 572 g/mol. The predicted octanol–water partition coefficient (Wildman–Crippen LogP) is 3.96. The van der Waals surface area contributed by atoms with Crippen LogP contribution in [0.1, 0.15) is 12.0 Å². The summed E-state index contributed by atoms with van der Waals surface area (Å²) in [5.41, 5.74) is 2.19. The Hall–Kier alpha value is -3.37. The summed E-state index contributed by atoms with van der Waals surface area (Å²) in [5, 5.41) is 4.83. The Labute approximate surface area is 247 Å². The summed E-state index contributed by atoms with van der Waals surface area (Å²) in [6.07, 6.45) is 3.38. The summed E-state index contributed by atoms with van der Waals surface area (Å²) in [5.74, 6) is 2.24. The molecule has 42 heavy (non-hydrogen) atoms. The van der Waals surface area contributed by atoms with Crippen molar-refractivity contribution < 1.29 is 18.9 Å². The topological polar surface area (TPSA) is 62.2 Å². The van der Waals surface area contributed by atoms with E-state index in [1.165, 1.54) is 27.5 Å². The monoisotopic (exact) mass is 571 g/mol. The van der Waals surface area contributed by atoms with Gasteiger partial charge in [-0.15, -0.1) is 0 Å². The van der Waals surface area contributed by atoms with Gasteiger partial charge in [-0.3, -0.25) is 0 Å². The lowest BCUT2D eigenvalue weighted by Gasteiger charge is -2.39. The van der Waals surface area contributed by atoms with Crippen molar-refractivity contribution in [1.29, 1.82) is 0 Å². The highest BCUT2D eigenvalue weighted by atomic mass is 16.5. The van der Waals surface area contributed by atoms with Gasteiger partial charge in [0.25, 0.3) is 0 Å². The van der Waals surface area contributed by atoms with Gasteiger partial charge in [0.15, 0.2) is 0 Å². The number of hydrogen-bond donors (Lipinski definition) is 0. The second-order valence-corrected chi connectivity index (χ2v) is 11.3. The molecular formula is C33H41N5O4. The molecule has 0 spiro atoms. The van der Waals surface area contributed by atoms with Gasteiger partial charge in [0, 0.05) is 51.2 Å². The zero-order valence-electron chi connectivity index (χ0n) is 24.4. The van der Waals surface area contributed by atoms with Gasteiger partial charge < -0.3 is 38.5 Å². The van der Waals surface area contributed by atoms with Crippen molar-refractivity contribution in [3.05, 3.63) is 59.9 Å². The molecule has 0 bridgehead atoms. The minimum absolute atomic E-state index is 0.570. The maximum atomic E-state index is 5.87. The van der Waals surface area contributed by atoms with E-state index in [1.807, 2.05) is 0 Å². The van der Waals surface area contributed by atoms with Crippen molar-refractivity contribution in [2.45, 2.75) is 6.42 Å². The molecule has 4 saturated heterocycles. The molecule has 0 radical (unpaired) electrons. The molecule has 4 heterocycles. The number of rotatable bonds is 4. The Kier molecular flexibility index (Phi) is 8.42. The summed E-state index contributed by atoms with van der Waals surface area (Å²) < 4.78 is 23.0. The molecule has 0 aromatic heterocycles. The molecule has 4 fully saturated rings. The minimum Gasteiger partial charge on any atom is -0.378 e. The Morgan fingerprint density at radius 3 is 1.79 bits per heavy atom. The maximum absolute atomic E-state index is 5.87. The van der Waals surface area contributed by atoms with E-state index in [1.54, 1.807) is 0 Å². The highest BCUT2D eigenvalue weighted by Gasteiger charge is 2.25. The highest BCUT2D eigenvalue weighted by Crippen LogP contribution is 2.35. The third kappa shape index (κ3) is 5.92. The molecule has 7 rings (SSSR count). The van der Waals surface area contributed by atoms with Crippen molar-refractivity contribution in [3.63, 3.8) is 0 Å². The summed E-state index contributed by atoms with van der Waals surface area (Å²) in [7, 11) is 0. The van der Waals surface area contributed by atoms with E-state index < -0.39 is 0 Å². The van der Waals surface area contributed by atoms with Gasteiger partial charge in [0.05, 0.1) is 51.9 Å². The number of ether oxygens (including phenoxy) is 4. The number of fused-ring (bicyclic) bond motifs is 2. The number of aliphatic imine (C=N–C) groups is 1. The third-order valence-electron chi connectivity index (χ3n) is 8.61. The van der Waals surface area contributed by atoms with Crippen LogP contribution in [0.4, 0.5) is 5.69 Å². The van der Waals surface area contributed by atoms with Crippen molar-refractivity contribution in [3.8, 4) is 0 Å². The zero-order chi connectivity index (χ0) is 28.1. The van der Waals surface area contributed by atoms with Crippen LogP contribution in [0.3, 0.4) is 0 Å². The molecule has 9 nitrogen and oxygen atoms in total. The Morgan fingerprint density at radius 2 is 1.19 bits per heavy atom. The van der Waals surface area contributed by atoms with E-state index in [9.17, 15) is 0 Å². The molecule has 0 aliphatic carbocycles. The van der Waals surface area contributed by atoms with Crippen LogP contribution < -0.4 is 0 Å². The first kappa shape index (κ1) is 27.5. The van der Waals surface area contributed by atoms with Gasteiger partial charge in [0.1, 0.15) is 12.6 Å². The molecule has 0 unspecified atom stereocenters. The van der Waals surface area contributed by atoms with Crippen molar-refractivity contribution in [2.24, 2.45) is 4.99 Å². The van der Waals surface area contributed by atoms with E-state index in [4.69, 9.17) is 23.9 Å². The summed E-state index contributed by atoms with van der Waals surface area (Å²) in [6.45, 7) is 12.0. The lowest BCUT2D eigenvalue weighted by molar-refractivity contribution is 0.00846. The first-order valence-electron chi connectivity index (χ1n) is 15.4. The van der Waals surface area contributed by atoms with Gasteiger partial charge >= 0.3 is 0 Å². The van der Waals surface area contributed by atoms with Gasteiger partial charge in [-0.2, -0.15) is 0 Å². The van der Waals surface area contributed by atoms with Crippen LogP contribution in [0.2, 0.25) is 0 Å². The normalized spacial score (nSPS) is 20.8. The Bertz CT molecular complexity index is 1290. The fourth-order valence-electron chi connectivity index (χ4n) is 6.34. The molecule has 4 aliphatic rings. The number of nitrogens with zero attached hydrogens (tertiary/aromatic N) is 5. The van der Waals surface area contributed by atoms with Crippen molar-refractivity contribution in [1.82, 2.24) is 19.6 Å². The third-order valence-corrected chi connectivity index (χ3v) is 8.61. The molecule has 222 valence electrons. The molecule has 9 heteroatoms. The van der Waals surface area contributed by atoms with Crippen molar-refractivity contribution >= 4 is 39.3 Å². The van der Waals surface area contributed by atoms with E-state index >= 15 is 0 Å². The molecule has 0 saturated carbocycles. The van der Waals surface area contributed by atoms with Gasteiger partial charge in [-0.1, -0.05) is 30.3 Å². The summed E-state index contributed by atoms with van der Waals surface area (Å²) in [4.78, 5) is 15.0. The summed E-state index contributed by atoms with van der Waals surface area (Å²) in [6, 6.07) is 17.7. The molecule has 3 aromatic rings. The largest absolute Gasteiger partial charge is 0.378 e. The van der Waals surface area contributed by atoms with Gasteiger partial charge in [0.2, 0.25) is 5.96 Å². The number of benzene rings is 3. The molecule has 0 N–H and O–H groups in total. The number of hydrogen-bond acceptors (Lipinski definition) is 7. The van der Waals surface area contributed by atoms with Crippen LogP contribution >= 0.6 is 0 Å². The van der Waals surface area contributed by atoms with Crippen LogP contribution in [0, 0.1) is 0 Å². The predicted molar refractivity (Wildman–Crippen MR) is 166 cm³/mol. The number of guanidine groups is 1. The molecule has 0 atom stereocenters. The van der Waals surface area contributed by atoms with Gasteiger partial charge in [-0.25, -0.2) is 4.99 Å². The quantitative estimate of drug-likeness (QED) is 0.265. The minimum atomic E-state index is 0.570. The highest BCUT2D eigenvalue weighted by molar-refractivity contribution is 6.07. The van der Waals surface area contributed by atoms with Crippen LogP contribution in [0.15, 0.2) is 59.3 Å². The fraction of sp³-hybridized carbons (Fsp3) is 0.485. The van der Waals surface area contributed by atoms with Gasteiger partial charge in [-0.05, 0) is 52.4 Å². The Balaban J connectivity index is 1.37. The lowest BCUT2D eigenvalue weighted by Crippen LogP contribution is -2.51. The maximum Gasteiger partial charge on any atom is 0.203 e. The van der Waals surface area contributed by atoms with E-state index in [0.717, 1.165) is 102 Å². The SMILES string of the molecule is C(=C(N1CCOCC1)N1CCOCC1)c1ccc(N=C(N2CCOCC2)N2CCCOC2)c2cc3ccccc3cc12. The molecular weight excluding hydrogens is 530 g/mol. The van der Waals surface area contributed by atoms with Crippen LogP contribution in [-0.2, 0) is 18.9 Å². The van der Waals surface area contributed by atoms with E-state index in [0.29, 0.717) is 19.9 Å². The van der Waals surface area contributed by atoms with Crippen LogP contribution in [-0.4, -0.2) is 124 Å². The zero-order valence-corrected chi connectivity index (χ0v) is 24.4. The van der Waals surface area contributed by atoms with Crippen LogP contribution in [0.5, 0.6) is 0 Å². The second kappa shape index (κ2) is 12.9. The molecule has 0 amide bonds. The Morgan fingerprint density at radius 1 is 0.595 bits per heavy atom. The average Bonchev–Trinajstić information content (AvgIpc) is 3.07. The first-order valence-corrected chi connectivity index (χ1v) is 15.4. The lowest BCUT2D eigenvalue weighted by atomic mass is 9.98. The standard InChI is InChI=1S/C33H41N5O4/c1-2-5-27-23-30-29(22-26(27)4-1)28(24-32(35-9-16-39-17-10-35)36-11-18-40-19-12-36)6-7-31(30)34-33(37-13-20-41-21-14-37)38-8-3-15-42-25-38/h1-2,4-7,22-24H,3,8-21,25H2. The molecule has 3 aromatic carbocycles. The van der Waals surface area contributed by atoms with E-state index in [-0.39, 0.29) is 0 Å². The number of morpholine rings is 3. The summed E-state index contributed by atoms with van der Waals surface area (Å²) >= 11 is 0. The molecule has 4 aliphatic heterocycles.